The largest absolute Gasteiger partial charge is 0.493 e. The normalized spacial score (nSPS) is 15.3. The molecule has 0 aromatic carbocycles. The van der Waals surface area contributed by atoms with Crippen molar-refractivity contribution in [1.82, 2.24) is 34.7 Å². The van der Waals surface area contributed by atoms with Crippen LogP contribution in [0.4, 0.5) is 18.2 Å². The van der Waals surface area contributed by atoms with E-state index >= 15 is 0 Å². The summed E-state index contributed by atoms with van der Waals surface area (Å²) in [5.41, 5.74) is 2.20. The molecule has 37 heavy (non-hydrogen) atoms. The minimum atomic E-state index is -4.43. The summed E-state index contributed by atoms with van der Waals surface area (Å²) in [6, 6.07) is 1.62. The maximum atomic E-state index is 13.7. The topological polar surface area (TPSA) is 87.5 Å². The van der Waals surface area contributed by atoms with Gasteiger partial charge in [0.25, 0.3) is 0 Å². The van der Waals surface area contributed by atoms with Crippen LogP contribution in [0.1, 0.15) is 25.1 Å². The van der Waals surface area contributed by atoms with E-state index in [-0.39, 0.29) is 17.0 Å². The first-order chi connectivity index (χ1) is 17.6. The van der Waals surface area contributed by atoms with Gasteiger partial charge in [0.05, 0.1) is 30.6 Å². The first-order valence-electron chi connectivity index (χ1n) is 12.1. The van der Waals surface area contributed by atoms with Crippen molar-refractivity contribution in [2.24, 2.45) is 5.92 Å². The number of aryl methyl sites for hydroxylation is 1. The molecule has 1 N–H and O–H groups in total. The van der Waals surface area contributed by atoms with Crippen molar-refractivity contribution in [2.45, 2.75) is 33.4 Å². The molecule has 0 radical (unpaired) electrons. The molecule has 1 saturated heterocycles. The molecule has 0 amide bonds. The number of alkyl halides is 3. The zero-order chi connectivity index (χ0) is 26.3. The van der Waals surface area contributed by atoms with Crippen LogP contribution in [0.25, 0.3) is 27.6 Å². The van der Waals surface area contributed by atoms with E-state index in [9.17, 15) is 13.2 Å². The summed E-state index contributed by atoms with van der Waals surface area (Å²) in [7, 11) is 1.48. The number of aromatic nitrogens is 6. The van der Waals surface area contributed by atoms with Gasteiger partial charge in [0, 0.05) is 50.0 Å². The fourth-order valence-electron chi connectivity index (χ4n) is 4.77. The molecule has 1 fully saturated rings. The zero-order valence-corrected chi connectivity index (χ0v) is 21.9. The number of halogens is 3. The van der Waals surface area contributed by atoms with Crippen LogP contribution >= 0.6 is 11.3 Å². The number of piperazine rings is 1. The molecule has 5 rings (SSSR count). The highest BCUT2D eigenvalue weighted by atomic mass is 32.1. The summed E-state index contributed by atoms with van der Waals surface area (Å²) in [6.07, 6.45) is -2.62. The molecule has 4 aromatic rings. The highest BCUT2D eigenvalue weighted by Crippen LogP contribution is 2.40. The lowest BCUT2D eigenvalue weighted by atomic mass is 10.0. The van der Waals surface area contributed by atoms with Crippen LogP contribution in [0.5, 0.6) is 5.75 Å². The fourth-order valence-corrected chi connectivity index (χ4v) is 5.91. The quantitative estimate of drug-likeness (QED) is 0.375. The monoisotopic (exact) mass is 534 g/mol. The van der Waals surface area contributed by atoms with E-state index in [4.69, 9.17) is 4.74 Å². The van der Waals surface area contributed by atoms with Crippen LogP contribution in [0, 0.1) is 12.8 Å². The summed E-state index contributed by atoms with van der Waals surface area (Å²) in [5, 5.41) is 12.7. The molecule has 1 aliphatic rings. The van der Waals surface area contributed by atoms with Crippen LogP contribution < -0.4 is 9.64 Å². The lowest BCUT2D eigenvalue weighted by Gasteiger charge is -2.36. The third-order valence-corrected chi connectivity index (χ3v) is 7.58. The highest BCUT2D eigenvalue weighted by molar-refractivity contribution is 7.19. The Balaban J connectivity index is 1.50. The Morgan fingerprint density at radius 3 is 2.62 bits per heavy atom. The minimum absolute atomic E-state index is 0.0380. The second-order valence-electron chi connectivity index (χ2n) is 9.63. The van der Waals surface area contributed by atoms with Crippen LogP contribution in [0.2, 0.25) is 0 Å². The Bertz CT molecular complexity index is 1380. The molecule has 0 unspecified atom stereocenters. The average molecular weight is 535 g/mol. The molecular weight excluding hydrogens is 505 g/mol. The first kappa shape index (κ1) is 25.5. The van der Waals surface area contributed by atoms with E-state index in [1.54, 1.807) is 12.3 Å². The van der Waals surface area contributed by atoms with E-state index in [2.05, 4.69) is 48.9 Å². The predicted octanol–water partition coefficient (Wildman–Crippen LogP) is 4.44. The molecule has 0 atom stereocenters. The Morgan fingerprint density at radius 2 is 1.95 bits per heavy atom. The van der Waals surface area contributed by atoms with Gasteiger partial charge in [-0.2, -0.15) is 23.4 Å². The van der Waals surface area contributed by atoms with Crippen LogP contribution in [0.3, 0.4) is 0 Å². The fraction of sp³-hybridized carbons (Fsp3) is 0.500. The summed E-state index contributed by atoms with van der Waals surface area (Å²) in [4.78, 5) is 13.5. The summed E-state index contributed by atoms with van der Waals surface area (Å²) >= 11 is 1.40. The maximum Gasteiger partial charge on any atom is 0.393 e. The van der Waals surface area contributed by atoms with Gasteiger partial charge < -0.3 is 9.64 Å². The Morgan fingerprint density at radius 1 is 1.19 bits per heavy atom. The predicted molar refractivity (Wildman–Crippen MR) is 136 cm³/mol. The molecule has 198 valence electrons. The number of aromatic amines is 1. The lowest BCUT2D eigenvalue weighted by molar-refractivity contribution is -0.127. The van der Waals surface area contributed by atoms with Crippen molar-refractivity contribution < 1.29 is 17.9 Å². The summed E-state index contributed by atoms with van der Waals surface area (Å²) in [5.74, 6) is 0.997. The molecule has 0 spiro atoms. The molecule has 1 aliphatic heterocycles. The number of hydrogen-bond donors (Lipinski definition) is 1. The van der Waals surface area contributed by atoms with Gasteiger partial charge in [-0.15, -0.1) is 0 Å². The number of thiazole rings is 1. The molecule has 0 saturated carbocycles. The van der Waals surface area contributed by atoms with Crippen molar-refractivity contribution in [3.05, 3.63) is 29.8 Å². The maximum absolute atomic E-state index is 13.7. The van der Waals surface area contributed by atoms with Crippen LogP contribution in [-0.2, 0) is 6.42 Å². The van der Waals surface area contributed by atoms with E-state index in [0.717, 1.165) is 43.4 Å². The van der Waals surface area contributed by atoms with Gasteiger partial charge in [0.2, 0.25) is 0 Å². The number of methoxy groups -OCH3 is 1. The highest BCUT2D eigenvalue weighted by Gasteiger charge is 2.34. The van der Waals surface area contributed by atoms with Crippen molar-refractivity contribution in [3.63, 3.8) is 0 Å². The van der Waals surface area contributed by atoms with Crippen LogP contribution in [-0.4, -0.2) is 80.7 Å². The Labute approximate surface area is 216 Å². The Hall–Kier alpha value is -3.19. The molecule has 4 aromatic heterocycles. The number of pyridine rings is 1. The summed E-state index contributed by atoms with van der Waals surface area (Å²) < 4.78 is 48.1. The molecule has 0 bridgehead atoms. The van der Waals surface area contributed by atoms with Gasteiger partial charge in [-0.05, 0) is 18.9 Å². The molecular formula is C24H29F3N8OS. The second-order valence-corrected chi connectivity index (χ2v) is 10.6. The number of rotatable bonds is 7. The number of fused-ring (bicyclic) bond motifs is 1. The standard InChI is InChI=1S/C24H29F3N8OS/c1-14(2)11-33-5-7-34(8-6-33)23-15(3)30-22(37-23)20-17(10-24(25,26)27)19(31-32-20)16-9-18(36-4)21-28-13-29-35(21)12-16/h9,12-14H,5-8,10-11H2,1-4H3,(H,31,32). The number of nitrogens with zero attached hydrogens (tertiary/aromatic N) is 7. The molecule has 5 heterocycles. The van der Waals surface area contributed by atoms with Gasteiger partial charge in [-0.3, -0.25) is 10.00 Å². The third-order valence-electron chi connectivity index (χ3n) is 6.35. The Kier molecular flexibility index (Phi) is 6.84. The van der Waals surface area contributed by atoms with Gasteiger partial charge in [-0.1, -0.05) is 25.2 Å². The average Bonchev–Trinajstić information content (AvgIpc) is 3.56. The second kappa shape index (κ2) is 9.93. The van der Waals surface area contributed by atoms with Crippen LogP contribution in [0.15, 0.2) is 18.6 Å². The zero-order valence-electron chi connectivity index (χ0n) is 21.1. The van der Waals surface area contributed by atoms with Gasteiger partial charge in [-0.25, -0.2) is 14.5 Å². The number of H-pyrrole nitrogens is 1. The van der Waals surface area contributed by atoms with Crippen molar-refractivity contribution >= 4 is 22.0 Å². The van der Waals surface area contributed by atoms with E-state index in [1.807, 2.05) is 6.92 Å². The van der Waals surface area contributed by atoms with Gasteiger partial charge >= 0.3 is 6.18 Å². The first-order valence-corrected chi connectivity index (χ1v) is 12.9. The summed E-state index contributed by atoms with van der Waals surface area (Å²) in [6.45, 7) is 11.0. The number of ether oxygens (including phenoxy) is 1. The van der Waals surface area contributed by atoms with Gasteiger partial charge in [0.1, 0.15) is 16.3 Å². The van der Waals surface area contributed by atoms with E-state index in [1.165, 1.54) is 29.3 Å². The number of nitrogens with one attached hydrogen (secondary N) is 1. The molecule has 13 heteroatoms. The lowest BCUT2D eigenvalue weighted by Crippen LogP contribution is -2.47. The smallest absolute Gasteiger partial charge is 0.393 e. The number of anilines is 1. The van der Waals surface area contributed by atoms with E-state index < -0.39 is 12.6 Å². The molecule has 0 aliphatic carbocycles. The molecule has 9 nitrogen and oxygen atoms in total. The van der Waals surface area contributed by atoms with E-state index in [0.29, 0.717) is 27.9 Å². The minimum Gasteiger partial charge on any atom is -0.493 e. The number of hydrogen-bond acceptors (Lipinski definition) is 8. The van der Waals surface area contributed by atoms with Crippen molar-refractivity contribution in [2.75, 3.05) is 44.7 Å². The third kappa shape index (κ3) is 5.28. The SMILES string of the molecule is COc1cc(-c2n[nH]c(-c3nc(C)c(N4CCN(CC(C)C)CC4)s3)c2CC(F)(F)F)cn2ncnc12. The van der Waals surface area contributed by atoms with Crippen molar-refractivity contribution in [1.29, 1.82) is 0 Å². The van der Waals surface area contributed by atoms with Crippen molar-refractivity contribution in [3.8, 4) is 27.7 Å². The van der Waals surface area contributed by atoms with Gasteiger partial charge in [0.15, 0.2) is 11.4 Å².